The lowest BCUT2D eigenvalue weighted by Gasteiger charge is -2.33. The van der Waals surface area contributed by atoms with Crippen LogP contribution in [0.5, 0.6) is 11.5 Å². The largest absolute Gasteiger partial charge is 0.497 e. The molecular weight excluding hydrogens is 542 g/mol. The molecule has 220 valence electrons. The molecule has 0 bridgehead atoms. The van der Waals surface area contributed by atoms with Crippen molar-refractivity contribution in [3.05, 3.63) is 84.4 Å². The standard InChI is InChI=1S/C31H39N3O6S/c1-5-7-20-32-31(36)27(6-2)33(22-24-14-10-8-11-15-24)30(35)23-34(41(37,38)26-16-12-9-13-17-26)28-21-25(39-3)18-19-29(28)40-4/h8-19,21,27H,5-7,20,22-23H2,1-4H3,(H,32,36). The molecule has 0 spiro atoms. The van der Waals surface area contributed by atoms with Gasteiger partial charge in [-0.15, -0.1) is 0 Å². The van der Waals surface area contributed by atoms with Crippen molar-refractivity contribution < 1.29 is 27.5 Å². The summed E-state index contributed by atoms with van der Waals surface area (Å²) in [5, 5.41) is 2.93. The van der Waals surface area contributed by atoms with Crippen LogP contribution in [0.4, 0.5) is 5.69 Å². The topological polar surface area (TPSA) is 105 Å². The van der Waals surface area contributed by atoms with E-state index < -0.39 is 28.5 Å². The zero-order chi connectivity index (χ0) is 29.8. The summed E-state index contributed by atoms with van der Waals surface area (Å²) in [5.74, 6) is -0.168. The van der Waals surface area contributed by atoms with Gasteiger partial charge < -0.3 is 19.7 Å². The van der Waals surface area contributed by atoms with E-state index in [4.69, 9.17) is 9.47 Å². The van der Waals surface area contributed by atoms with Gasteiger partial charge in [0.05, 0.1) is 24.8 Å². The number of ether oxygens (including phenoxy) is 2. The third-order valence-corrected chi connectivity index (χ3v) is 8.45. The Morgan fingerprint density at radius 3 is 2.15 bits per heavy atom. The smallest absolute Gasteiger partial charge is 0.264 e. The van der Waals surface area contributed by atoms with E-state index in [9.17, 15) is 18.0 Å². The predicted molar refractivity (Wildman–Crippen MR) is 160 cm³/mol. The molecule has 2 amide bonds. The average Bonchev–Trinajstić information content (AvgIpc) is 3.00. The summed E-state index contributed by atoms with van der Waals surface area (Å²) in [6.07, 6.45) is 2.08. The van der Waals surface area contributed by atoms with Gasteiger partial charge >= 0.3 is 0 Å². The van der Waals surface area contributed by atoms with Crippen LogP contribution in [0.2, 0.25) is 0 Å². The van der Waals surface area contributed by atoms with Gasteiger partial charge in [-0.25, -0.2) is 8.42 Å². The summed E-state index contributed by atoms with van der Waals surface area (Å²) >= 11 is 0. The van der Waals surface area contributed by atoms with Crippen molar-refractivity contribution in [1.29, 1.82) is 0 Å². The number of methoxy groups -OCH3 is 2. The fraction of sp³-hybridized carbons (Fsp3) is 0.355. The van der Waals surface area contributed by atoms with Crippen LogP contribution in [0.3, 0.4) is 0 Å². The van der Waals surface area contributed by atoms with E-state index in [-0.39, 0.29) is 28.8 Å². The van der Waals surface area contributed by atoms with Crippen LogP contribution in [0.1, 0.15) is 38.7 Å². The number of unbranched alkanes of at least 4 members (excludes halogenated alkanes) is 1. The number of carbonyl (C=O) groups excluding carboxylic acids is 2. The quantitative estimate of drug-likeness (QED) is 0.263. The molecular formula is C31H39N3O6S. The number of rotatable bonds is 15. The van der Waals surface area contributed by atoms with Gasteiger partial charge in [-0.2, -0.15) is 0 Å². The molecule has 3 aromatic rings. The molecule has 0 saturated carbocycles. The second-order valence-electron chi connectivity index (χ2n) is 9.44. The molecule has 1 unspecified atom stereocenters. The first-order valence-corrected chi connectivity index (χ1v) is 15.1. The summed E-state index contributed by atoms with van der Waals surface area (Å²) in [6.45, 7) is 3.93. The van der Waals surface area contributed by atoms with Gasteiger partial charge in [0.25, 0.3) is 10.0 Å². The van der Waals surface area contributed by atoms with Gasteiger partial charge in [0.15, 0.2) is 0 Å². The molecule has 0 saturated heterocycles. The molecule has 0 aliphatic heterocycles. The number of nitrogens with zero attached hydrogens (tertiary/aromatic N) is 2. The second kappa shape index (κ2) is 15.1. The van der Waals surface area contributed by atoms with Crippen LogP contribution >= 0.6 is 0 Å². The lowest BCUT2D eigenvalue weighted by atomic mass is 10.1. The average molecular weight is 582 g/mol. The lowest BCUT2D eigenvalue weighted by molar-refractivity contribution is -0.140. The van der Waals surface area contributed by atoms with Crippen molar-refractivity contribution in [2.75, 3.05) is 31.6 Å². The molecule has 1 N–H and O–H groups in total. The maximum Gasteiger partial charge on any atom is 0.264 e. The van der Waals surface area contributed by atoms with Crippen LogP contribution < -0.4 is 19.1 Å². The van der Waals surface area contributed by atoms with E-state index in [1.807, 2.05) is 44.2 Å². The fourth-order valence-electron chi connectivity index (χ4n) is 4.43. The van der Waals surface area contributed by atoms with Crippen molar-refractivity contribution in [2.45, 2.75) is 50.6 Å². The Kier molecular flexibility index (Phi) is 11.6. The summed E-state index contributed by atoms with van der Waals surface area (Å²) in [4.78, 5) is 28.9. The van der Waals surface area contributed by atoms with E-state index in [2.05, 4.69) is 5.32 Å². The number of hydrogen-bond donors (Lipinski definition) is 1. The molecule has 41 heavy (non-hydrogen) atoms. The third-order valence-electron chi connectivity index (χ3n) is 6.68. The summed E-state index contributed by atoms with van der Waals surface area (Å²) < 4.78 is 40.0. The van der Waals surface area contributed by atoms with Crippen LogP contribution in [-0.2, 0) is 26.2 Å². The number of sulfonamides is 1. The number of carbonyl (C=O) groups is 2. The molecule has 10 heteroatoms. The summed E-state index contributed by atoms with van der Waals surface area (Å²) in [7, 11) is -1.34. The highest BCUT2D eigenvalue weighted by molar-refractivity contribution is 7.92. The molecule has 1 atom stereocenters. The van der Waals surface area contributed by atoms with Crippen molar-refractivity contribution in [3.8, 4) is 11.5 Å². The second-order valence-corrected chi connectivity index (χ2v) is 11.3. The van der Waals surface area contributed by atoms with Gasteiger partial charge in [-0.1, -0.05) is 68.8 Å². The van der Waals surface area contributed by atoms with Crippen LogP contribution in [-0.4, -0.2) is 58.5 Å². The highest BCUT2D eigenvalue weighted by atomic mass is 32.2. The molecule has 0 radical (unpaired) electrons. The Balaban J connectivity index is 2.09. The Morgan fingerprint density at radius 1 is 0.902 bits per heavy atom. The van der Waals surface area contributed by atoms with E-state index in [0.717, 1.165) is 22.7 Å². The molecule has 0 heterocycles. The first-order chi connectivity index (χ1) is 19.8. The van der Waals surface area contributed by atoms with E-state index >= 15 is 0 Å². The Hall–Kier alpha value is -4.05. The zero-order valence-corrected chi connectivity index (χ0v) is 24.9. The molecule has 0 aliphatic carbocycles. The first kappa shape index (κ1) is 31.5. The minimum absolute atomic E-state index is 0.0108. The van der Waals surface area contributed by atoms with Gasteiger partial charge in [0, 0.05) is 19.2 Å². The minimum Gasteiger partial charge on any atom is -0.497 e. The van der Waals surface area contributed by atoms with Crippen molar-refractivity contribution in [2.24, 2.45) is 0 Å². The van der Waals surface area contributed by atoms with Gasteiger partial charge in [-0.05, 0) is 42.7 Å². The van der Waals surface area contributed by atoms with Crippen LogP contribution in [0.25, 0.3) is 0 Å². The Bertz CT molecular complexity index is 1380. The molecule has 3 rings (SSSR count). The Morgan fingerprint density at radius 2 is 1.56 bits per heavy atom. The summed E-state index contributed by atoms with van der Waals surface area (Å²) in [6, 6.07) is 21.1. The fourth-order valence-corrected chi connectivity index (χ4v) is 5.87. The van der Waals surface area contributed by atoms with Gasteiger partial charge in [0.1, 0.15) is 24.1 Å². The van der Waals surface area contributed by atoms with E-state index in [1.165, 1.54) is 37.3 Å². The molecule has 9 nitrogen and oxygen atoms in total. The zero-order valence-electron chi connectivity index (χ0n) is 24.1. The third kappa shape index (κ3) is 8.00. The van der Waals surface area contributed by atoms with Crippen molar-refractivity contribution in [3.63, 3.8) is 0 Å². The van der Waals surface area contributed by atoms with E-state index in [0.29, 0.717) is 18.7 Å². The summed E-state index contributed by atoms with van der Waals surface area (Å²) in [5.41, 5.74) is 0.959. The van der Waals surface area contributed by atoms with Crippen molar-refractivity contribution >= 4 is 27.5 Å². The monoisotopic (exact) mass is 581 g/mol. The number of hydrogen-bond acceptors (Lipinski definition) is 6. The van der Waals surface area contributed by atoms with E-state index in [1.54, 1.807) is 30.3 Å². The molecule has 0 fully saturated rings. The Labute approximate surface area is 243 Å². The highest BCUT2D eigenvalue weighted by Gasteiger charge is 2.34. The number of benzene rings is 3. The number of nitrogens with one attached hydrogen (secondary N) is 1. The van der Waals surface area contributed by atoms with Crippen molar-refractivity contribution in [1.82, 2.24) is 10.2 Å². The molecule has 0 aromatic heterocycles. The van der Waals surface area contributed by atoms with Gasteiger partial charge in [0.2, 0.25) is 11.8 Å². The normalized spacial score (nSPS) is 11.8. The predicted octanol–water partition coefficient (Wildman–Crippen LogP) is 4.62. The maximum atomic E-state index is 14.2. The number of amides is 2. The SMILES string of the molecule is CCCCNC(=O)C(CC)N(Cc1ccccc1)C(=O)CN(c1cc(OC)ccc1OC)S(=O)(=O)c1ccccc1. The minimum atomic E-state index is -4.23. The highest BCUT2D eigenvalue weighted by Crippen LogP contribution is 2.36. The maximum absolute atomic E-state index is 14.2. The molecule has 3 aromatic carbocycles. The van der Waals surface area contributed by atoms with Crippen LogP contribution in [0, 0.1) is 0 Å². The lowest BCUT2D eigenvalue weighted by Crippen LogP contribution is -2.52. The molecule has 0 aliphatic rings. The van der Waals surface area contributed by atoms with Gasteiger partial charge in [-0.3, -0.25) is 13.9 Å². The van der Waals surface area contributed by atoms with Crippen LogP contribution in [0.15, 0.2) is 83.8 Å². The first-order valence-electron chi connectivity index (χ1n) is 13.7. The number of anilines is 1.